The molecule has 0 spiro atoms. The van der Waals surface area contributed by atoms with Gasteiger partial charge in [0.2, 0.25) is 5.91 Å². The van der Waals surface area contributed by atoms with Gasteiger partial charge >= 0.3 is 5.97 Å². The largest absolute Gasteiger partial charge is 0.469 e. The third kappa shape index (κ3) is 6.12. The highest BCUT2D eigenvalue weighted by Crippen LogP contribution is 2.08. The minimum absolute atomic E-state index is 0.0895. The molecule has 1 unspecified atom stereocenters. The molecule has 0 N–H and O–H groups in total. The molecule has 0 aliphatic carbocycles. The number of carbonyl (C=O) groups is 2. The summed E-state index contributed by atoms with van der Waals surface area (Å²) >= 11 is 0. The van der Waals surface area contributed by atoms with Crippen molar-refractivity contribution in [1.29, 1.82) is 0 Å². The lowest BCUT2D eigenvalue weighted by atomic mass is 10.1. The molecule has 1 rings (SSSR count). The van der Waals surface area contributed by atoms with Crippen molar-refractivity contribution in [2.75, 3.05) is 20.2 Å². The van der Waals surface area contributed by atoms with E-state index in [1.165, 1.54) is 7.11 Å². The lowest BCUT2D eigenvalue weighted by molar-refractivity contribution is -0.146. The zero-order valence-electron chi connectivity index (χ0n) is 13.8. The lowest BCUT2D eigenvalue weighted by Gasteiger charge is -2.25. The van der Waals surface area contributed by atoms with Crippen molar-refractivity contribution in [2.45, 2.75) is 20.8 Å². The van der Waals surface area contributed by atoms with Gasteiger partial charge in [0.15, 0.2) is 0 Å². The van der Waals surface area contributed by atoms with Crippen LogP contribution in [0.5, 0.6) is 0 Å². The molecule has 0 aliphatic heterocycles. The zero-order valence-corrected chi connectivity index (χ0v) is 13.8. The molecule has 22 heavy (non-hydrogen) atoms. The number of hydrogen-bond acceptors (Lipinski definition) is 3. The fourth-order valence-corrected chi connectivity index (χ4v) is 2.14. The van der Waals surface area contributed by atoms with Crippen molar-refractivity contribution in [2.24, 2.45) is 11.8 Å². The van der Waals surface area contributed by atoms with Crippen molar-refractivity contribution in [1.82, 2.24) is 4.90 Å². The number of methoxy groups -OCH3 is 1. The van der Waals surface area contributed by atoms with Gasteiger partial charge in [-0.15, -0.1) is 0 Å². The van der Waals surface area contributed by atoms with E-state index in [1.54, 1.807) is 24.0 Å². The molecule has 0 fully saturated rings. The minimum atomic E-state index is -0.335. The van der Waals surface area contributed by atoms with Gasteiger partial charge in [-0.05, 0) is 17.6 Å². The van der Waals surface area contributed by atoms with E-state index in [1.807, 2.05) is 44.2 Å². The Morgan fingerprint density at radius 3 is 2.32 bits per heavy atom. The second-order valence-corrected chi connectivity index (χ2v) is 5.81. The van der Waals surface area contributed by atoms with Crippen LogP contribution in [0.25, 0.3) is 6.08 Å². The Bertz CT molecular complexity index is 508. The molecule has 4 nitrogen and oxygen atoms in total. The van der Waals surface area contributed by atoms with Crippen LogP contribution in [0.15, 0.2) is 36.4 Å². The van der Waals surface area contributed by atoms with Crippen molar-refractivity contribution in [3.63, 3.8) is 0 Å². The van der Waals surface area contributed by atoms with Crippen LogP contribution in [-0.4, -0.2) is 37.0 Å². The predicted octanol–water partition coefficient (Wildman–Crippen LogP) is 2.99. The van der Waals surface area contributed by atoms with Gasteiger partial charge in [0.25, 0.3) is 0 Å². The Labute approximate surface area is 132 Å². The third-order valence-corrected chi connectivity index (χ3v) is 3.21. The van der Waals surface area contributed by atoms with Crippen LogP contribution in [0.1, 0.15) is 26.3 Å². The first kappa shape index (κ1) is 18.0. The molecule has 0 aliphatic rings. The van der Waals surface area contributed by atoms with Crippen LogP contribution in [0.3, 0.4) is 0 Å². The van der Waals surface area contributed by atoms with Gasteiger partial charge in [-0.25, -0.2) is 0 Å². The van der Waals surface area contributed by atoms with E-state index in [2.05, 4.69) is 0 Å². The number of carbonyl (C=O) groups excluding carboxylic acids is 2. The van der Waals surface area contributed by atoms with Crippen molar-refractivity contribution in [3.8, 4) is 0 Å². The summed E-state index contributed by atoms with van der Waals surface area (Å²) in [6, 6.07) is 9.66. The average Bonchev–Trinajstić information content (AvgIpc) is 2.51. The van der Waals surface area contributed by atoms with Crippen molar-refractivity contribution >= 4 is 18.0 Å². The number of nitrogens with zero attached hydrogens (tertiary/aromatic N) is 1. The summed E-state index contributed by atoms with van der Waals surface area (Å²) in [5.41, 5.74) is 0.973. The van der Waals surface area contributed by atoms with Gasteiger partial charge in [-0.2, -0.15) is 0 Å². The monoisotopic (exact) mass is 303 g/mol. The molecule has 0 radical (unpaired) electrons. The minimum Gasteiger partial charge on any atom is -0.469 e. The number of hydrogen-bond donors (Lipinski definition) is 0. The third-order valence-electron chi connectivity index (χ3n) is 3.21. The molecule has 0 bridgehead atoms. The van der Waals surface area contributed by atoms with Gasteiger partial charge in [0, 0.05) is 19.2 Å². The van der Waals surface area contributed by atoms with Crippen molar-refractivity contribution in [3.05, 3.63) is 42.0 Å². The van der Waals surface area contributed by atoms with Crippen LogP contribution >= 0.6 is 0 Å². The molecular formula is C18H25NO3. The predicted molar refractivity (Wildman–Crippen MR) is 88.1 cm³/mol. The number of ether oxygens (including phenoxy) is 1. The lowest BCUT2D eigenvalue weighted by Crippen LogP contribution is -2.38. The Kier molecular flexibility index (Phi) is 7.37. The summed E-state index contributed by atoms with van der Waals surface area (Å²) in [7, 11) is 1.36. The van der Waals surface area contributed by atoms with E-state index in [4.69, 9.17) is 4.74 Å². The summed E-state index contributed by atoms with van der Waals surface area (Å²) in [5, 5.41) is 0. The molecule has 0 saturated heterocycles. The molecule has 0 heterocycles. The van der Waals surface area contributed by atoms with Gasteiger partial charge < -0.3 is 9.64 Å². The molecule has 120 valence electrons. The van der Waals surface area contributed by atoms with Gasteiger partial charge in [-0.1, -0.05) is 51.1 Å². The molecule has 1 atom stereocenters. The highest BCUT2D eigenvalue weighted by molar-refractivity contribution is 5.92. The molecule has 0 aromatic heterocycles. The first-order chi connectivity index (χ1) is 10.4. The van der Waals surface area contributed by atoms with Gasteiger partial charge in [0.1, 0.15) is 0 Å². The van der Waals surface area contributed by atoms with Crippen LogP contribution in [0, 0.1) is 11.8 Å². The molecule has 1 amide bonds. The average molecular weight is 303 g/mol. The standard InChI is InChI=1S/C18H25NO3/c1-14(2)12-19(13-15(3)18(21)22-4)17(20)11-10-16-8-6-5-7-9-16/h5-11,14-15H,12-13H2,1-4H3/b11-10+. The topological polar surface area (TPSA) is 46.6 Å². The first-order valence-corrected chi connectivity index (χ1v) is 7.54. The second-order valence-electron chi connectivity index (χ2n) is 5.81. The summed E-state index contributed by atoms with van der Waals surface area (Å²) < 4.78 is 4.73. The first-order valence-electron chi connectivity index (χ1n) is 7.54. The number of esters is 1. The Balaban J connectivity index is 2.75. The Hall–Kier alpha value is -2.10. The number of rotatable bonds is 7. The summed E-state index contributed by atoms with van der Waals surface area (Å²) in [6.07, 6.45) is 3.35. The van der Waals surface area contributed by atoms with E-state index in [0.717, 1.165) is 5.56 Å². The van der Waals surface area contributed by atoms with Crippen LogP contribution in [0.2, 0.25) is 0 Å². The SMILES string of the molecule is COC(=O)C(C)CN(CC(C)C)C(=O)/C=C/c1ccccc1. The highest BCUT2D eigenvalue weighted by Gasteiger charge is 2.20. The Morgan fingerprint density at radius 1 is 1.14 bits per heavy atom. The van der Waals surface area contributed by atoms with E-state index in [-0.39, 0.29) is 17.8 Å². The Morgan fingerprint density at radius 2 is 1.77 bits per heavy atom. The maximum absolute atomic E-state index is 12.4. The smallest absolute Gasteiger partial charge is 0.310 e. The van der Waals surface area contributed by atoms with E-state index in [0.29, 0.717) is 19.0 Å². The summed E-state index contributed by atoms with van der Waals surface area (Å²) in [4.78, 5) is 25.6. The summed E-state index contributed by atoms with van der Waals surface area (Å²) in [5.74, 6) is -0.390. The van der Waals surface area contributed by atoms with Crippen LogP contribution < -0.4 is 0 Å². The number of amides is 1. The maximum atomic E-state index is 12.4. The van der Waals surface area contributed by atoms with E-state index < -0.39 is 0 Å². The molecule has 1 aromatic carbocycles. The second kappa shape index (κ2) is 9.03. The molecular weight excluding hydrogens is 278 g/mol. The van der Waals surface area contributed by atoms with Crippen LogP contribution in [0.4, 0.5) is 0 Å². The van der Waals surface area contributed by atoms with Gasteiger partial charge in [0.05, 0.1) is 13.0 Å². The van der Waals surface area contributed by atoms with Crippen molar-refractivity contribution < 1.29 is 14.3 Å². The fourth-order valence-electron chi connectivity index (χ4n) is 2.14. The number of benzene rings is 1. The fraction of sp³-hybridized carbons (Fsp3) is 0.444. The molecule has 0 saturated carbocycles. The van der Waals surface area contributed by atoms with Gasteiger partial charge in [-0.3, -0.25) is 9.59 Å². The molecule has 4 heteroatoms. The zero-order chi connectivity index (χ0) is 16.5. The maximum Gasteiger partial charge on any atom is 0.310 e. The quantitative estimate of drug-likeness (QED) is 0.574. The normalized spacial score (nSPS) is 12.4. The summed E-state index contributed by atoms with van der Waals surface area (Å²) in [6.45, 7) is 6.84. The van der Waals surface area contributed by atoms with Crippen LogP contribution in [-0.2, 0) is 14.3 Å². The van der Waals surface area contributed by atoms with E-state index in [9.17, 15) is 9.59 Å². The highest BCUT2D eigenvalue weighted by atomic mass is 16.5. The van der Waals surface area contributed by atoms with E-state index >= 15 is 0 Å². The molecule has 1 aromatic rings.